The maximum atomic E-state index is 12.4. The van der Waals surface area contributed by atoms with Crippen LogP contribution in [-0.4, -0.2) is 21.5 Å². The Morgan fingerprint density at radius 2 is 1.95 bits per heavy atom. The summed E-state index contributed by atoms with van der Waals surface area (Å²) in [5.41, 5.74) is -0.0999. The second-order valence-corrected chi connectivity index (χ2v) is 8.12. The van der Waals surface area contributed by atoms with Crippen LogP contribution < -0.4 is 10.0 Å². The number of aryl methyl sites for hydroxylation is 1. The molecule has 21 heavy (non-hydrogen) atoms. The van der Waals surface area contributed by atoms with E-state index in [4.69, 9.17) is 4.42 Å². The van der Waals surface area contributed by atoms with Gasteiger partial charge in [-0.2, -0.15) is 0 Å². The summed E-state index contributed by atoms with van der Waals surface area (Å²) < 4.78 is 33.0. The zero-order valence-electron chi connectivity index (χ0n) is 13.9. The van der Waals surface area contributed by atoms with Crippen molar-refractivity contribution in [3.05, 3.63) is 17.6 Å². The first-order chi connectivity index (χ1) is 9.60. The van der Waals surface area contributed by atoms with Gasteiger partial charge in [0.1, 0.15) is 16.4 Å². The Labute approximate surface area is 128 Å². The van der Waals surface area contributed by atoms with E-state index in [-0.39, 0.29) is 10.3 Å². The zero-order valence-corrected chi connectivity index (χ0v) is 14.7. The molecule has 0 saturated heterocycles. The van der Waals surface area contributed by atoms with Gasteiger partial charge in [0.2, 0.25) is 10.0 Å². The molecule has 0 radical (unpaired) electrons. The van der Waals surface area contributed by atoms with Gasteiger partial charge in [0.25, 0.3) is 0 Å². The number of nitrogens with one attached hydrogen (secondary N) is 2. The van der Waals surface area contributed by atoms with Crippen LogP contribution >= 0.6 is 0 Å². The van der Waals surface area contributed by atoms with Crippen LogP contribution in [0.3, 0.4) is 0 Å². The van der Waals surface area contributed by atoms with Gasteiger partial charge in [-0.05, 0) is 24.8 Å². The van der Waals surface area contributed by atoms with E-state index in [0.717, 1.165) is 6.54 Å². The van der Waals surface area contributed by atoms with Crippen LogP contribution in [0.5, 0.6) is 0 Å². The monoisotopic (exact) mass is 316 g/mol. The molecular weight excluding hydrogens is 288 g/mol. The highest BCUT2D eigenvalue weighted by molar-refractivity contribution is 7.89. The third kappa shape index (κ3) is 4.83. The Hall–Kier alpha value is -0.850. The van der Waals surface area contributed by atoms with E-state index in [9.17, 15) is 8.42 Å². The molecule has 0 fully saturated rings. The van der Waals surface area contributed by atoms with Gasteiger partial charge in [-0.15, -0.1) is 0 Å². The third-order valence-corrected chi connectivity index (χ3v) is 5.55. The molecular formula is C15H28N2O3S. The lowest BCUT2D eigenvalue weighted by atomic mass is 9.81. The van der Waals surface area contributed by atoms with Crippen molar-refractivity contribution >= 4 is 10.0 Å². The van der Waals surface area contributed by atoms with Crippen molar-refractivity contribution in [3.63, 3.8) is 0 Å². The second kappa shape index (κ2) is 6.94. The molecule has 0 aliphatic carbocycles. The number of sulfonamides is 1. The lowest BCUT2D eigenvalue weighted by Crippen LogP contribution is -2.37. The topological polar surface area (TPSA) is 71.3 Å². The minimum Gasteiger partial charge on any atom is -0.464 e. The predicted octanol–water partition coefficient (Wildman–Crippen LogP) is 2.66. The van der Waals surface area contributed by atoms with Crippen molar-refractivity contribution in [2.45, 2.75) is 53.0 Å². The largest absolute Gasteiger partial charge is 0.464 e. The molecule has 0 saturated carbocycles. The van der Waals surface area contributed by atoms with E-state index in [0.29, 0.717) is 30.5 Å². The molecule has 0 bridgehead atoms. The van der Waals surface area contributed by atoms with Crippen LogP contribution in [0.1, 0.15) is 46.1 Å². The maximum Gasteiger partial charge on any atom is 0.244 e. The fourth-order valence-corrected chi connectivity index (χ4v) is 3.11. The Morgan fingerprint density at radius 1 is 1.33 bits per heavy atom. The molecule has 122 valence electrons. The molecule has 0 aromatic carbocycles. The molecule has 1 heterocycles. The normalized spacial score (nSPS) is 13.1. The lowest BCUT2D eigenvalue weighted by Gasteiger charge is -2.29. The van der Waals surface area contributed by atoms with Crippen LogP contribution in [-0.2, 0) is 16.6 Å². The fraction of sp³-hybridized carbons (Fsp3) is 0.733. The average Bonchev–Trinajstić information content (AvgIpc) is 2.76. The van der Waals surface area contributed by atoms with E-state index in [1.165, 1.54) is 0 Å². The standard InChI is InChI=1S/C15H28N2O3S/c1-7-16-9-13-8-14(12(4)20-13)21(18,19)17-10-15(5,6)11(2)3/h8,11,16-17H,7,9-10H2,1-6H3. The first kappa shape index (κ1) is 18.2. The Bertz CT molecular complexity index is 559. The summed E-state index contributed by atoms with van der Waals surface area (Å²) in [5.74, 6) is 1.45. The Balaban J connectivity index is 2.86. The van der Waals surface area contributed by atoms with Gasteiger partial charge in [-0.3, -0.25) is 0 Å². The highest BCUT2D eigenvalue weighted by atomic mass is 32.2. The summed E-state index contributed by atoms with van der Waals surface area (Å²) in [6.07, 6.45) is 0. The van der Waals surface area contributed by atoms with Crippen LogP contribution in [0.2, 0.25) is 0 Å². The van der Waals surface area contributed by atoms with Gasteiger partial charge < -0.3 is 9.73 Å². The van der Waals surface area contributed by atoms with Crippen molar-refractivity contribution in [1.82, 2.24) is 10.0 Å². The van der Waals surface area contributed by atoms with Crippen LogP contribution in [0.25, 0.3) is 0 Å². The smallest absolute Gasteiger partial charge is 0.244 e. The number of rotatable bonds is 8. The molecule has 5 nitrogen and oxygen atoms in total. The van der Waals surface area contributed by atoms with Crippen molar-refractivity contribution in [2.75, 3.05) is 13.1 Å². The minimum atomic E-state index is -3.53. The van der Waals surface area contributed by atoms with Gasteiger partial charge in [-0.1, -0.05) is 34.6 Å². The fourth-order valence-electron chi connectivity index (χ4n) is 1.69. The molecule has 0 spiro atoms. The second-order valence-electron chi connectivity index (χ2n) is 6.38. The summed E-state index contributed by atoms with van der Waals surface area (Å²) in [6, 6.07) is 1.60. The van der Waals surface area contributed by atoms with Crippen molar-refractivity contribution in [2.24, 2.45) is 11.3 Å². The molecule has 0 amide bonds. The molecule has 0 atom stereocenters. The molecule has 0 aliphatic rings. The molecule has 6 heteroatoms. The number of hydrogen-bond acceptors (Lipinski definition) is 4. The molecule has 1 rings (SSSR count). The van der Waals surface area contributed by atoms with Crippen LogP contribution in [0, 0.1) is 18.3 Å². The van der Waals surface area contributed by atoms with Crippen molar-refractivity contribution in [3.8, 4) is 0 Å². The highest BCUT2D eigenvalue weighted by Gasteiger charge is 2.27. The molecule has 1 aromatic rings. The summed E-state index contributed by atoms with van der Waals surface area (Å²) >= 11 is 0. The molecule has 0 aliphatic heterocycles. The van der Waals surface area contributed by atoms with Crippen LogP contribution in [0.15, 0.2) is 15.4 Å². The number of hydrogen-bond donors (Lipinski definition) is 2. The average molecular weight is 316 g/mol. The van der Waals surface area contributed by atoms with E-state index in [2.05, 4.69) is 37.7 Å². The molecule has 2 N–H and O–H groups in total. The maximum absolute atomic E-state index is 12.4. The van der Waals surface area contributed by atoms with E-state index in [1.54, 1.807) is 13.0 Å². The van der Waals surface area contributed by atoms with Gasteiger partial charge in [0.05, 0.1) is 6.54 Å². The van der Waals surface area contributed by atoms with Gasteiger partial charge in [0.15, 0.2) is 0 Å². The van der Waals surface area contributed by atoms with Crippen molar-refractivity contribution < 1.29 is 12.8 Å². The summed E-state index contributed by atoms with van der Waals surface area (Å²) in [6.45, 7) is 13.7. The van der Waals surface area contributed by atoms with Gasteiger partial charge in [0, 0.05) is 12.6 Å². The number of furan rings is 1. The summed E-state index contributed by atoms with van der Waals surface area (Å²) in [4.78, 5) is 0.231. The Kier molecular flexibility index (Phi) is 6.01. The highest BCUT2D eigenvalue weighted by Crippen LogP contribution is 2.26. The minimum absolute atomic E-state index is 0.0999. The first-order valence-electron chi connectivity index (χ1n) is 7.40. The van der Waals surface area contributed by atoms with Crippen LogP contribution in [0.4, 0.5) is 0 Å². The predicted molar refractivity (Wildman–Crippen MR) is 84.6 cm³/mol. The lowest BCUT2D eigenvalue weighted by molar-refractivity contribution is 0.252. The third-order valence-electron chi connectivity index (χ3n) is 4.04. The summed E-state index contributed by atoms with van der Waals surface area (Å²) in [5, 5.41) is 3.12. The van der Waals surface area contributed by atoms with E-state index >= 15 is 0 Å². The van der Waals surface area contributed by atoms with E-state index < -0.39 is 10.0 Å². The first-order valence-corrected chi connectivity index (χ1v) is 8.88. The molecule has 1 aromatic heterocycles. The van der Waals surface area contributed by atoms with E-state index in [1.807, 2.05) is 6.92 Å². The van der Waals surface area contributed by atoms with Crippen molar-refractivity contribution in [1.29, 1.82) is 0 Å². The Morgan fingerprint density at radius 3 is 2.48 bits per heavy atom. The zero-order chi connectivity index (χ0) is 16.3. The van der Waals surface area contributed by atoms with Gasteiger partial charge >= 0.3 is 0 Å². The van der Waals surface area contributed by atoms with Gasteiger partial charge in [-0.25, -0.2) is 13.1 Å². The summed E-state index contributed by atoms with van der Waals surface area (Å²) in [7, 11) is -3.53. The molecule has 0 unspecified atom stereocenters. The quantitative estimate of drug-likeness (QED) is 0.773. The SMILES string of the molecule is CCNCc1cc(S(=O)(=O)NCC(C)(C)C(C)C)c(C)o1.